The standard InChI is InChI=1S/C99H93N3O12/c1-4-82-85(58-100-97(103)79-52-88(106-61-70-34-16-7-17-35-70)94(112-67-76-46-28-13-29-47-76)89(53-79)107-62-71-36-18-8-19-37-71)83(5-2)87(60-102-99(105)81-56-92(110-65-74-42-24-11-25-43-74)96(114-69-78-50-32-15-33-51-78)93(57-81)111-66-75-44-26-12-27-45-75)84(6-3)86(82)59-101-98(104)80-54-90(108-63-72-38-20-9-21-39-72)95(113-68-77-48-30-14-31-49-77)91(55-80)109-64-73-40-22-10-23-41-73/h7-57H,4-6,58-69H2,1-3H3,(H,100,103)(H,101,104)(H,102,105). The number of amides is 3. The Morgan fingerprint density at radius 3 is 0.509 bits per heavy atom. The predicted octanol–water partition coefficient (Wildman–Crippen LogP) is 20.4. The smallest absolute Gasteiger partial charge is 0.251 e. The fourth-order valence-electron chi connectivity index (χ4n) is 13.6. The van der Waals surface area contributed by atoms with Gasteiger partial charge in [-0.15, -0.1) is 0 Å². The van der Waals surface area contributed by atoms with Gasteiger partial charge in [0.2, 0.25) is 17.2 Å². The van der Waals surface area contributed by atoms with Gasteiger partial charge in [0.25, 0.3) is 17.7 Å². The summed E-state index contributed by atoms with van der Waals surface area (Å²) in [5.41, 5.74) is 14.4. The van der Waals surface area contributed by atoms with Crippen molar-refractivity contribution in [3.05, 3.63) is 410 Å². The highest BCUT2D eigenvalue weighted by molar-refractivity contribution is 5.97. The Morgan fingerprint density at radius 2 is 0.360 bits per heavy atom. The minimum atomic E-state index is -0.411. The number of hydrogen-bond acceptors (Lipinski definition) is 12. The molecule has 0 aromatic heterocycles. The minimum Gasteiger partial charge on any atom is -0.485 e. The van der Waals surface area contributed by atoms with Crippen molar-refractivity contribution >= 4 is 17.7 Å². The lowest BCUT2D eigenvalue weighted by molar-refractivity contribution is 0.0942. The molecule has 576 valence electrons. The zero-order valence-electron chi connectivity index (χ0n) is 64.5. The second-order valence-corrected chi connectivity index (χ2v) is 27.4. The van der Waals surface area contributed by atoms with Gasteiger partial charge >= 0.3 is 0 Å². The zero-order valence-corrected chi connectivity index (χ0v) is 64.5. The number of rotatable bonds is 39. The van der Waals surface area contributed by atoms with Gasteiger partial charge in [-0.2, -0.15) is 0 Å². The molecule has 3 N–H and O–H groups in total. The normalized spacial score (nSPS) is 10.9. The number of carbonyl (C=O) groups is 3. The second-order valence-electron chi connectivity index (χ2n) is 27.4. The van der Waals surface area contributed by atoms with Crippen molar-refractivity contribution in [1.82, 2.24) is 16.0 Å². The van der Waals surface area contributed by atoms with E-state index in [-0.39, 0.29) is 95.8 Å². The molecular formula is C99H93N3O12. The van der Waals surface area contributed by atoms with Gasteiger partial charge in [-0.05, 0) is 139 Å². The van der Waals surface area contributed by atoms with Crippen molar-refractivity contribution in [3.8, 4) is 51.7 Å². The Hall–Kier alpha value is -13.5. The summed E-state index contributed by atoms with van der Waals surface area (Å²) < 4.78 is 60.0. The molecule has 0 aliphatic carbocycles. The summed E-state index contributed by atoms with van der Waals surface area (Å²) in [6.07, 6.45) is 1.51. The summed E-state index contributed by atoms with van der Waals surface area (Å²) >= 11 is 0. The number of carbonyl (C=O) groups excluding carboxylic acids is 3. The average Bonchev–Trinajstić information content (AvgIpc) is 0.763. The molecule has 0 radical (unpaired) electrons. The molecule has 0 aliphatic rings. The number of nitrogens with one attached hydrogen (secondary N) is 3. The lowest BCUT2D eigenvalue weighted by Crippen LogP contribution is -2.30. The highest BCUT2D eigenvalue weighted by Crippen LogP contribution is 2.44. The van der Waals surface area contributed by atoms with Crippen LogP contribution >= 0.6 is 0 Å². The van der Waals surface area contributed by atoms with Crippen molar-refractivity contribution in [3.63, 3.8) is 0 Å². The first kappa shape index (κ1) is 78.6. The third-order valence-electron chi connectivity index (χ3n) is 19.5. The van der Waals surface area contributed by atoms with Crippen molar-refractivity contribution in [2.75, 3.05) is 0 Å². The molecular weight excluding hydrogens is 1420 g/mol. The van der Waals surface area contributed by atoms with Crippen LogP contribution in [0.25, 0.3) is 0 Å². The lowest BCUT2D eigenvalue weighted by Gasteiger charge is -2.27. The highest BCUT2D eigenvalue weighted by Gasteiger charge is 2.28. The molecule has 15 heteroatoms. The van der Waals surface area contributed by atoms with E-state index >= 15 is 14.4 Å². The molecule has 13 aromatic rings. The fourth-order valence-corrected chi connectivity index (χ4v) is 13.6. The van der Waals surface area contributed by atoms with Gasteiger partial charge in [-0.1, -0.05) is 294 Å². The van der Waals surface area contributed by atoms with E-state index in [2.05, 4.69) is 36.7 Å². The maximum Gasteiger partial charge on any atom is 0.251 e. The summed E-state index contributed by atoms with van der Waals surface area (Å²) in [5.74, 6) is 1.69. The molecule has 0 spiro atoms. The maximum atomic E-state index is 15.5. The molecule has 13 rings (SSSR count). The Balaban J connectivity index is 0.885. The van der Waals surface area contributed by atoms with Gasteiger partial charge in [0.05, 0.1) is 0 Å². The molecule has 0 saturated heterocycles. The quantitative estimate of drug-likeness (QED) is 0.0334. The molecule has 0 unspecified atom stereocenters. The van der Waals surface area contributed by atoms with Gasteiger partial charge in [-0.25, -0.2) is 0 Å². The Labute approximate surface area is 667 Å². The van der Waals surface area contributed by atoms with Crippen LogP contribution in [0, 0.1) is 0 Å². The molecule has 114 heavy (non-hydrogen) atoms. The van der Waals surface area contributed by atoms with Crippen molar-refractivity contribution in [2.45, 2.75) is 119 Å². The molecule has 0 bridgehead atoms. The van der Waals surface area contributed by atoms with Crippen LogP contribution < -0.4 is 58.6 Å². The minimum absolute atomic E-state index is 0.0487. The second kappa shape index (κ2) is 40.4. The molecule has 15 nitrogen and oxygen atoms in total. The van der Waals surface area contributed by atoms with E-state index in [1.807, 2.05) is 273 Å². The van der Waals surface area contributed by atoms with Gasteiger partial charge in [0.15, 0.2) is 34.5 Å². The molecule has 13 aromatic carbocycles. The van der Waals surface area contributed by atoms with Crippen LogP contribution in [0.2, 0.25) is 0 Å². The summed E-state index contributed by atoms with van der Waals surface area (Å²) in [6, 6.07) is 98.6. The number of ether oxygens (including phenoxy) is 9. The number of benzene rings is 13. The summed E-state index contributed by atoms with van der Waals surface area (Å²) in [6.45, 7) is 8.04. The van der Waals surface area contributed by atoms with E-state index in [1.165, 1.54) is 0 Å². The third-order valence-corrected chi connectivity index (χ3v) is 19.5. The van der Waals surface area contributed by atoms with Gasteiger partial charge in [-0.3, -0.25) is 14.4 Å². The first-order chi connectivity index (χ1) is 56.1. The molecule has 0 aliphatic heterocycles. The van der Waals surface area contributed by atoms with Crippen LogP contribution in [-0.4, -0.2) is 17.7 Å². The van der Waals surface area contributed by atoms with E-state index in [9.17, 15) is 0 Å². The SMILES string of the molecule is CCc1c(CNC(=O)c2cc(OCc3ccccc3)c(OCc3ccccc3)c(OCc3ccccc3)c2)c(CC)c(CNC(=O)c2cc(OCc3ccccc3)c(OCc3ccccc3)c(OCc3ccccc3)c2)c(CC)c1CNC(=O)c1cc(OCc2ccccc2)c(OCc2ccccc2)c(OCc2ccccc2)c1. The molecule has 0 fully saturated rings. The van der Waals surface area contributed by atoms with E-state index in [4.69, 9.17) is 42.6 Å². The highest BCUT2D eigenvalue weighted by atomic mass is 16.6. The third kappa shape index (κ3) is 21.5. The van der Waals surface area contributed by atoms with Crippen LogP contribution in [-0.2, 0) is 98.4 Å². The van der Waals surface area contributed by atoms with Crippen LogP contribution in [0.5, 0.6) is 51.7 Å². The van der Waals surface area contributed by atoms with E-state index in [1.54, 1.807) is 36.4 Å². The molecule has 3 amide bonds. The van der Waals surface area contributed by atoms with Crippen LogP contribution in [0.1, 0.15) is 135 Å². The van der Waals surface area contributed by atoms with Gasteiger partial charge in [0.1, 0.15) is 59.5 Å². The summed E-state index contributed by atoms with van der Waals surface area (Å²) in [4.78, 5) is 46.4. The van der Waals surface area contributed by atoms with E-state index < -0.39 is 17.7 Å². The summed E-state index contributed by atoms with van der Waals surface area (Å²) in [7, 11) is 0. The first-order valence-electron chi connectivity index (χ1n) is 38.7. The molecule has 0 heterocycles. The number of hydrogen-bond donors (Lipinski definition) is 3. The lowest BCUT2D eigenvalue weighted by atomic mass is 9.83. The monoisotopic (exact) mass is 1520 g/mol. The zero-order chi connectivity index (χ0) is 78.5. The topological polar surface area (TPSA) is 170 Å². The van der Waals surface area contributed by atoms with Crippen molar-refractivity contribution < 1.29 is 57.0 Å². The Bertz CT molecular complexity index is 4520. The van der Waals surface area contributed by atoms with E-state index in [0.717, 1.165) is 83.5 Å². The fraction of sp³-hybridized carbons (Fsp3) is 0.182. The maximum absolute atomic E-state index is 15.5. The van der Waals surface area contributed by atoms with E-state index in [0.29, 0.717) is 71.0 Å². The van der Waals surface area contributed by atoms with Crippen LogP contribution in [0.15, 0.2) is 309 Å². The van der Waals surface area contributed by atoms with Crippen molar-refractivity contribution in [2.24, 2.45) is 0 Å². The first-order valence-corrected chi connectivity index (χ1v) is 38.7. The van der Waals surface area contributed by atoms with Crippen LogP contribution in [0.3, 0.4) is 0 Å². The van der Waals surface area contributed by atoms with Gasteiger partial charge < -0.3 is 58.6 Å². The van der Waals surface area contributed by atoms with Crippen LogP contribution in [0.4, 0.5) is 0 Å². The Morgan fingerprint density at radius 1 is 0.211 bits per heavy atom. The van der Waals surface area contributed by atoms with Crippen molar-refractivity contribution in [1.29, 1.82) is 0 Å². The average molecular weight is 1520 g/mol. The summed E-state index contributed by atoms with van der Waals surface area (Å²) in [5, 5.41) is 10.0. The Kier molecular flexibility index (Phi) is 27.9. The molecule has 0 atom stereocenters. The largest absolute Gasteiger partial charge is 0.485 e. The predicted molar refractivity (Wildman–Crippen MR) is 444 cm³/mol. The molecule has 0 saturated carbocycles. The van der Waals surface area contributed by atoms with Gasteiger partial charge in [0, 0.05) is 36.3 Å².